The maximum Gasteiger partial charge on any atom is 0.338 e. The summed E-state index contributed by atoms with van der Waals surface area (Å²) in [5, 5.41) is 18.4. The molecule has 2 rings (SSSR count). The van der Waals surface area contributed by atoms with Gasteiger partial charge in [0.05, 0.1) is 11.7 Å². The van der Waals surface area contributed by atoms with Crippen molar-refractivity contribution in [2.75, 3.05) is 6.61 Å². The third kappa shape index (κ3) is 3.07. The smallest absolute Gasteiger partial charge is 0.338 e. The van der Waals surface area contributed by atoms with Gasteiger partial charge in [0.15, 0.2) is 6.29 Å². The van der Waals surface area contributed by atoms with Gasteiger partial charge in [0.25, 0.3) is 0 Å². The minimum atomic E-state index is -1.19. The zero-order valence-electron chi connectivity index (χ0n) is 10.1. The van der Waals surface area contributed by atoms with Gasteiger partial charge in [-0.25, -0.2) is 4.79 Å². The van der Waals surface area contributed by atoms with Crippen LogP contribution in [0.15, 0.2) is 24.3 Å². The Morgan fingerprint density at radius 1 is 1.39 bits per heavy atom. The van der Waals surface area contributed by atoms with Gasteiger partial charge in [0.1, 0.15) is 12.7 Å². The normalized spacial score (nSPS) is 27.2. The van der Waals surface area contributed by atoms with Gasteiger partial charge in [-0.3, -0.25) is 0 Å². The highest BCUT2D eigenvalue weighted by atomic mass is 16.6. The number of esters is 1. The summed E-state index contributed by atoms with van der Waals surface area (Å²) in [5.41, 5.74) is 1.54. The van der Waals surface area contributed by atoms with Crippen molar-refractivity contribution in [3.8, 4) is 0 Å². The third-order valence-electron chi connectivity index (χ3n) is 2.85. The van der Waals surface area contributed by atoms with Gasteiger partial charge in [-0.2, -0.15) is 0 Å². The van der Waals surface area contributed by atoms with Crippen LogP contribution in [-0.2, 0) is 9.47 Å². The van der Waals surface area contributed by atoms with Crippen LogP contribution in [0.3, 0.4) is 0 Å². The summed E-state index contributed by atoms with van der Waals surface area (Å²) >= 11 is 0. The highest BCUT2D eigenvalue weighted by molar-refractivity contribution is 5.89. The van der Waals surface area contributed by atoms with Gasteiger partial charge in [0.2, 0.25) is 0 Å². The number of carbonyl (C=O) groups excluding carboxylic acids is 1. The number of benzene rings is 1. The monoisotopic (exact) mass is 252 g/mol. The lowest BCUT2D eigenvalue weighted by Gasteiger charge is -2.10. The van der Waals surface area contributed by atoms with E-state index >= 15 is 0 Å². The number of aliphatic hydroxyl groups excluding tert-OH is 2. The molecule has 5 heteroatoms. The molecule has 0 saturated carbocycles. The molecule has 18 heavy (non-hydrogen) atoms. The molecule has 2 N–H and O–H groups in total. The van der Waals surface area contributed by atoms with E-state index in [1.165, 1.54) is 0 Å². The highest BCUT2D eigenvalue weighted by Crippen LogP contribution is 2.19. The summed E-state index contributed by atoms with van der Waals surface area (Å²) in [6.45, 7) is 1.96. The first-order valence-corrected chi connectivity index (χ1v) is 5.81. The maximum atomic E-state index is 11.7. The minimum absolute atomic E-state index is 0.0286. The van der Waals surface area contributed by atoms with E-state index in [4.69, 9.17) is 14.6 Å². The van der Waals surface area contributed by atoms with Crippen LogP contribution in [0.25, 0.3) is 0 Å². The number of aryl methyl sites for hydroxylation is 1. The van der Waals surface area contributed by atoms with Gasteiger partial charge < -0.3 is 19.7 Å². The number of ether oxygens (including phenoxy) is 2. The van der Waals surface area contributed by atoms with Crippen molar-refractivity contribution in [2.45, 2.75) is 31.8 Å². The molecule has 1 fully saturated rings. The van der Waals surface area contributed by atoms with Crippen molar-refractivity contribution in [3.05, 3.63) is 35.4 Å². The van der Waals surface area contributed by atoms with Gasteiger partial charge >= 0.3 is 5.97 Å². The SMILES string of the molecule is Cc1ccc(C(=O)OCC2CC(O)C(O)O2)cc1. The number of hydrogen-bond acceptors (Lipinski definition) is 5. The molecule has 1 aliphatic rings. The molecular weight excluding hydrogens is 236 g/mol. The van der Waals surface area contributed by atoms with Crippen LogP contribution in [-0.4, -0.2) is 41.3 Å². The molecule has 0 spiro atoms. The topological polar surface area (TPSA) is 76.0 Å². The Hall–Kier alpha value is -1.43. The van der Waals surface area contributed by atoms with Crippen molar-refractivity contribution in [1.82, 2.24) is 0 Å². The van der Waals surface area contributed by atoms with Crippen LogP contribution in [0.2, 0.25) is 0 Å². The largest absolute Gasteiger partial charge is 0.459 e. The van der Waals surface area contributed by atoms with Crippen LogP contribution >= 0.6 is 0 Å². The third-order valence-corrected chi connectivity index (χ3v) is 2.85. The molecule has 0 aliphatic carbocycles. The van der Waals surface area contributed by atoms with E-state index in [9.17, 15) is 9.90 Å². The summed E-state index contributed by atoms with van der Waals surface area (Å²) in [6.07, 6.45) is -2.28. The molecule has 3 unspecified atom stereocenters. The molecule has 1 aromatic carbocycles. The molecule has 1 saturated heterocycles. The number of rotatable bonds is 3. The van der Waals surface area contributed by atoms with E-state index in [0.717, 1.165) is 5.56 Å². The summed E-state index contributed by atoms with van der Waals surface area (Å²) in [6, 6.07) is 7.04. The van der Waals surface area contributed by atoms with E-state index < -0.39 is 24.5 Å². The zero-order chi connectivity index (χ0) is 13.1. The van der Waals surface area contributed by atoms with Gasteiger partial charge in [-0.1, -0.05) is 17.7 Å². The quantitative estimate of drug-likeness (QED) is 0.771. The lowest BCUT2D eigenvalue weighted by molar-refractivity contribution is -0.133. The molecule has 0 aromatic heterocycles. The molecule has 98 valence electrons. The van der Waals surface area contributed by atoms with E-state index in [2.05, 4.69) is 0 Å². The molecule has 0 amide bonds. The number of carbonyl (C=O) groups is 1. The number of aliphatic hydroxyl groups is 2. The second-order valence-corrected chi connectivity index (χ2v) is 4.42. The second kappa shape index (κ2) is 5.48. The van der Waals surface area contributed by atoms with E-state index in [1.807, 2.05) is 19.1 Å². The van der Waals surface area contributed by atoms with Crippen LogP contribution in [0.4, 0.5) is 0 Å². The predicted octanol–water partition coefficient (Wildman–Crippen LogP) is 0.620. The highest BCUT2D eigenvalue weighted by Gasteiger charge is 2.33. The van der Waals surface area contributed by atoms with Crippen LogP contribution < -0.4 is 0 Å². The Bertz CT molecular complexity index is 404. The zero-order valence-corrected chi connectivity index (χ0v) is 10.1. The summed E-state index contributed by atoms with van der Waals surface area (Å²) in [5.74, 6) is -0.436. The van der Waals surface area contributed by atoms with Crippen molar-refractivity contribution in [3.63, 3.8) is 0 Å². The Kier molecular flexibility index (Phi) is 3.96. The lowest BCUT2D eigenvalue weighted by Crippen LogP contribution is -2.20. The summed E-state index contributed by atoms with van der Waals surface area (Å²) < 4.78 is 10.1. The Morgan fingerprint density at radius 3 is 2.61 bits per heavy atom. The predicted molar refractivity (Wildman–Crippen MR) is 63.0 cm³/mol. The van der Waals surface area contributed by atoms with Crippen LogP contribution in [0, 0.1) is 6.92 Å². The standard InChI is InChI=1S/C13H16O5/c1-8-2-4-9(5-3-8)12(15)17-7-10-6-11(14)13(16)18-10/h2-5,10-11,13-14,16H,6-7H2,1H3. The first kappa shape index (κ1) is 13.0. The molecule has 1 aliphatic heterocycles. The maximum absolute atomic E-state index is 11.7. The molecular formula is C13H16O5. The number of hydrogen-bond donors (Lipinski definition) is 2. The fourth-order valence-corrected chi connectivity index (χ4v) is 1.78. The van der Waals surface area contributed by atoms with Crippen molar-refractivity contribution >= 4 is 5.97 Å². The Labute approximate surface area is 105 Å². The molecule has 1 aromatic rings. The molecule has 0 bridgehead atoms. The van der Waals surface area contributed by atoms with E-state index in [-0.39, 0.29) is 13.0 Å². The fourth-order valence-electron chi connectivity index (χ4n) is 1.78. The second-order valence-electron chi connectivity index (χ2n) is 4.42. The Balaban J connectivity index is 1.84. The van der Waals surface area contributed by atoms with Gasteiger partial charge in [-0.05, 0) is 19.1 Å². The average molecular weight is 252 g/mol. The van der Waals surface area contributed by atoms with Crippen LogP contribution in [0.1, 0.15) is 22.3 Å². The average Bonchev–Trinajstić information content (AvgIpc) is 2.67. The molecule has 0 radical (unpaired) electrons. The fraction of sp³-hybridized carbons (Fsp3) is 0.462. The van der Waals surface area contributed by atoms with E-state index in [1.54, 1.807) is 12.1 Å². The van der Waals surface area contributed by atoms with Crippen molar-refractivity contribution in [1.29, 1.82) is 0 Å². The Morgan fingerprint density at radius 2 is 2.06 bits per heavy atom. The first-order valence-electron chi connectivity index (χ1n) is 5.81. The van der Waals surface area contributed by atoms with Crippen LogP contribution in [0.5, 0.6) is 0 Å². The lowest BCUT2D eigenvalue weighted by atomic mass is 10.1. The van der Waals surface area contributed by atoms with Gasteiger partial charge in [0, 0.05) is 6.42 Å². The summed E-state index contributed by atoms with van der Waals surface area (Å²) in [7, 11) is 0. The summed E-state index contributed by atoms with van der Waals surface area (Å²) in [4.78, 5) is 11.7. The molecule has 3 atom stereocenters. The molecule has 1 heterocycles. The first-order chi connectivity index (χ1) is 8.56. The van der Waals surface area contributed by atoms with Gasteiger partial charge in [-0.15, -0.1) is 0 Å². The van der Waals surface area contributed by atoms with Crippen molar-refractivity contribution in [2.24, 2.45) is 0 Å². The van der Waals surface area contributed by atoms with E-state index in [0.29, 0.717) is 5.56 Å². The molecule has 5 nitrogen and oxygen atoms in total. The van der Waals surface area contributed by atoms with Crippen molar-refractivity contribution < 1.29 is 24.5 Å². The minimum Gasteiger partial charge on any atom is -0.459 e.